The van der Waals surface area contributed by atoms with Crippen molar-refractivity contribution in [1.29, 1.82) is 0 Å². The third-order valence-corrected chi connectivity index (χ3v) is 2.93. The second kappa shape index (κ2) is 4.95. The van der Waals surface area contributed by atoms with E-state index in [2.05, 4.69) is 10.1 Å². The maximum atomic E-state index is 11.2. The number of piperidine rings is 1. The summed E-state index contributed by atoms with van der Waals surface area (Å²) < 4.78 is 5.25. The average Bonchev–Trinajstić information content (AvgIpc) is 2.39. The zero-order valence-corrected chi connectivity index (χ0v) is 9.68. The summed E-state index contributed by atoms with van der Waals surface area (Å²) in [6, 6.07) is 5.04. The monoisotopic (exact) mass is 234 g/mol. The maximum absolute atomic E-state index is 11.2. The minimum atomic E-state index is 0.282. The number of hydrogen-bond acceptors (Lipinski definition) is 5. The maximum Gasteiger partial charge on any atom is 0.142 e. The van der Waals surface area contributed by atoms with Gasteiger partial charge in [0, 0.05) is 25.9 Å². The smallest absolute Gasteiger partial charge is 0.142 e. The number of nitrogens with zero attached hydrogens (tertiary/aromatic N) is 2. The van der Waals surface area contributed by atoms with Gasteiger partial charge in [0.05, 0.1) is 12.8 Å². The molecule has 1 heterocycles. The van der Waals surface area contributed by atoms with Crippen molar-refractivity contribution in [2.75, 3.05) is 25.1 Å². The van der Waals surface area contributed by atoms with E-state index in [1.165, 1.54) is 0 Å². The topological polar surface area (TPSA) is 59.0 Å². The summed E-state index contributed by atoms with van der Waals surface area (Å²) in [7, 11) is 1.59. The van der Waals surface area contributed by atoms with Crippen molar-refractivity contribution in [1.82, 2.24) is 0 Å². The first-order chi connectivity index (χ1) is 8.24. The van der Waals surface area contributed by atoms with Crippen molar-refractivity contribution in [3.63, 3.8) is 0 Å². The molecule has 0 amide bonds. The van der Waals surface area contributed by atoms with Crippen LogP contribution in [0.2, 0.25) is 0 Å². The largest absolute Gasteiger partial charge is 0.495 e. The van der Waals surface area contributed by atoms with E-state index in [1.54, 1.807) is 25.3 Å². The molecule has 0 radical (unpaired) electrons. The first-order valence-corrected chi connectivity index (χ1v) is 5.52. The molecule has 0 bridgehead atoms. The number of ether oxygens (including phenoxy) is 1. The predicted molar refractivity (Wildman–Crippen MR) is 64.9 cm³/mol. The summed E-state index contributed by atoms with van der Waals surface area (Å²) in [5.41, 5.74) is 1.20. The van der Waals surface area contributed by atoms with Gasteiger partial charge < -0.3 is 9.64 Å². The quantitative estimate of drug-likeness (QED) is 0.753. The summed E-state index contributed by atoms with van der Waals surface area (Å²) in [5, 5.41) is 2.92. The number of rotatable bonds is 3. The number of ketones is 1. The second-order valence-corrected chi connectivity index (χ2v) is 3.97. The Bertz CT molecular complexity index is 435. The normalized spacial score (nSPS) is 15.8. The molecule has 0 aromatic heterocycles. The van der Waals surface area contributed by atoms with Gasteiger partial charge in [-0.15, -0.1) is 4.91 Å². The van der Waals surface area contributed by atoms with Crippen LogP contribution >= 0.6 is 0 Å². The molecular weight excluding hydrogens is 220 g/mol. The molecule has 90 valence electrons. The molecule has 1 fully saturated rings. The van der Waals surface area contributed by atoms with Gasteiger partial charge in [-0.1, -0.05) is 0 Å². The minimum absolute atomic E-state index is 0.282. The van der Waals surface area contributed by atoms with E-state index < -0.39 is 0 Å². The number of carbonyl (C=O) groups is 1. The van der Waals surface area contributed by atoms with Crippen molar-refractivity contribution in [3.05, 3.63) is 23.1 Å². The standard InChI is InChI=1S/C12H14N2O3/c1-17-12-3-2-9(13-16)8-11(12)14-6-4-10(15)5-7-14/h2-3,8H,4-7H2,1H3. The van der Waals surface area contributed by atoms with Crippen molar-refractivity contribution in [2.24, 2.45) is 5.18 Å². The highest BCUT2D eigenvalue weighted by molar-refractivity contribution is 5.81. The SMILES string of the molecule is COc1ccc(N=O)cc1N1CCC(=O)CC1. The molecule has 1 aromatic carbocycles. The summed E-state index contributed by atoms with van der Waals surface area (Å²) >= 11 is 0. The highest BCUT2D eigenvalue weighted by Crippen LogP contribution is 2.33. The van der Waals surface area contributed by atoms with Crippen LogP contribution in [0, 0.1) is 4.91 Å². The highest BCUT2D eigenvalue weighted by Gasteiger charge is 2.19. The van der Waals surface area contributed by atoms with Crippen LogP contribution in [0.4, 0.5) is 11.4 Å². The van der Waals surface area contributed by atoms with Gasteiger partial charge >= 0.3 is 0 Å². The number of carbonyl (C=O) groups excluding carboxylic acids is 1. The van der Waals surface area contributed by atoms with Gasteiger partial charge in [0.15, 0.2) is 0 Å². The van der Waals surface area contributed by atoms with Crippen LogP contribution in [0.3, 0.4) is 0 Å². The fourth-order valence-corrected chi connectivity index (χ4v) is 1.98. The zero-order chi connectivity index (χ0) is 12.3. The fourth-order valence-electron chi connectivity index (χ4n) is 1.98. The van der Waals surface area contributed by atoms with E-state index in [1.807, 2.05) is 0 Å². The first-order valence-electron chi connectivity index (χ1n) is 5.52. The lowest BCUT2D eigenvalue weighted by molar-refractivity contribution is -0.119. The molecule has 2 rings (SSSR count). The van der Waals surface area contributed by atoms with E-state index in [9.17, 15) is 9.70 Å². The van der Waals surface area contributed by atoms with Crippen molar-refractivity contribution in [3.8, 4) is 5.75 Å². The summed E-state index contributed by atoms with van der Waals surface area (Å²) in [6.07, 6.45) is 1.09. The minimum Gasteiger partial charge on any atom is -0.495 e. The van der Waals surface area contributed by atoms with Crippen LogP contribution < -0.4 is 9.64 Å². The van der Waals surface area contributed by atoms with Crippen molar-refractivity contribution < 1.29 is 9.53 Å². The van der Waals surface area contributed by atoms with Gasteiger partial charge in [-0.05, 0) is 23.4 Å². The third kappa shape index (κ3) is 2.43. The zero-order valence-electron chi connectivity index (χ0n) is 9.68. The van der Waals surface area contributed by atoms with E-state index in [0.717, 1.165) is 5.69 Å². The van der Waals surface area contributed by atoms with E-state index in [-0.39, 0.29) is 5.78 Å². The Morgan fingerprint density at radius 1 is 1.29 bits per heavy atom. The van der Waals surface area contributed by atoms with Gasteiger partial charge in [0.2, 0.25) is 0 Å². The molecule has 1 aliphatic rings. The van der Waals surface area contributed by atoms with Crippen molar-refractivity contribution in [2.45, 2.75) is 12.8 Å². The Balaban J connectivity index is 2.28. The van der Waals surface area contributed by atoms with E-state index in [4.69, 9.17) is 4.74 Å². The van der Waals surface area contributed by atoms with Crippen LogP contribution in [-0.2, 0) is 4.79 Å². The van der Waals surface area contributed by atoms with Crippen LogP contribution in [-0.4, -0.2) is 26.0 Å². The molecule has 1 saturated heterocycles. The Hall–Kier alpha value is -1.91. The molecule has 0 saturated carbocycles. The van der Waals surface area contributed by atoms with Gasteiger partial charge in [0.25, 0.3) is 0 Å². The summed E-state index contributed by atoms with van der Waals surface area (Å²) in [6.45, 7) is 1.33. The summed E-state index contributed by atoms with van der Waals surface area (Å²) in [4.78, 5) is 23.8. The molecule has 5 heteroatoms. The number of benzene rings is 1. The molecule has 0 spiro atoms. The highest BCUT2D eigenvalue weighted by atomic mass is 16.5. The lowest BCUT2D eigenvalue weighted by Crippen LogP contribution is -2.33. The van der Waals surface area contributed by atoms with Crippen LogP contribution in [0.1, 0.15) is 12.8 Å². The molecule has 0 N–H and O–H groups in total. The van der Waals surface area contributed by atoms with Crippen molar-refractivity contribution >= 4 is 17.2 Å². The molecule has 1 aliphatic heterocycles. The number of hydrogen-bond donors (Lipinski definition) is 0. The Morgan fingerprint density at radius 3 is 2.59 bits per heavy atom. The average molecular weight is 234 g/mol. The predicted octanol–water partition coefficient (Wildman–Crippen LogP) is 2.26. The number of methoxy groups -OCH3 is 1. The van der Waals surface area contributed by atoms with Crippen LogP contribution in [0.5, 0.6) is 5.75 Å². The molecule has 1 aromatic rings. The number of Topliss-reactive ketones (excluding diaryl/α,β-unsaturated/α-hetero) is 1. The fraction of sp³-hybridized carbons (Fsp3) is 0.417. The molecular formula is C12H14N2O3. The third-order valence-electron chi connectivity index (χ3n) is 2.93. The van der Waals surface area contributed by atoms with E-state index >= 15 is 0 Å². The lowest BCUT2D eigenvalue weighted by Gasteiger charge is -2.29. The molecule has 17 heavy (non-hydrogen) atoms. The van der Waals surface area contributed by atoms with Crippen LogP contribution in [0.25, 0.3) is 0 Å². The van der Waals surface area contributed by atoms with Gasteiger partial charge in [-0.3, -0.25) is 4.79 Å². The van der Waals surface area contributed by atoms with Crippen LogP contribution in [0.15, 0.2) is 23.4 Å². The second-order valence-electron chi connectivity index (χ2n) is 3.97. The Labute approximate surface area is 99.3 Å². The molecule has 0 aliphatic carbocycles. The number of anilines is 1. The number of nitroso groups, excluding NO2 is 1. The van der Waals surface area contributed by atoms with Gasteiger partial charge in [-0.2, -0.15) is 0 Å². The molecule has 0 unspecified atom stereocenters. The van der Waals surface area contributed by atoms with E-state index in [0.29, 0.717) is 37.4 Å². The van der Waals surface area contributed by atoms with Gasteiger partial charge in [-0.25, -0.2) is 0 Å². The summed E-state index contributed by atoms with van der Waals surface area (Å²) in [5.74, 6) is 0.983. The molecule has 0 atom stereocenters. The molecule has 5 nitrogen and oxygen atoms in total. The lowest BCUT2D eigenvalue weighted by atomic mass is 10.1. The van der Waals surface area contributed by atoms with Gasteiger partial charge in [0.1, 0.15) is 17.2 Å². The first kappa shape index (κ1) is 11.6. The Kier molecular flexibility index (Phi) is 3.37. The Morgan fingerprint density at radius 2 is 2.00 bits per heavy atom.